The zero-order valence-corrected chi connectivity index (χ0v) is 13.8. The van der Waals surface area contributed by atoms with Gasteiger partial charge in [0.05, 0.1) is 7.11 Å². The fraction of sp³-hybridized carbons (Fsp3) is 0.333. The lowest BCUT2D eigenvalue weighted by Gasteiger charge is -2.21. The Labute approximate surface area is 137 Å². The molecule has 0 amide bonds. The van der Waals surface area contributed by atoms with Crippen LogP contribution in [0, 0.1) is 6.92 Å². The van der Waals surface area contributed by atoms with Crippen molar-refractivity contribution in [2.24, 2.45) is 0 Å². The van der Waals surface area contributed by atoms with Crippen molar-refractivity contribution in [1.29, 1.82) is 0 Å². The largest absolute Gasteiger partial charge is 0.496 e. The number of hydrogen-bond donors (Lipinski definition) is 0. The summed E-state index contributed by atoms with van der Waals surface area (Å²) in [6, 6.07) is 11.1. The molecule has 0 spiro atoms. The molecule has 1 aliphatic carbocycles. The summed E-state index contributed by atoms with van der Waals surface area (Å²) in [5.41, 5.74) is 8.15. The first-order valence-electron chi connectivity index (χ1n) is 8.36. The molecule has 118 valence electrons. The molecule has 0 bridgehead atoms. The lowest BCUT2D eigenvalue weighted by molar-refractivity contribution is 0.356. The van der Waals surface area contributed by atoms with Crippen LogP contribution in [0.25, 0.3) is 5.57 Å². The second kappa shape index (κ2) is 5.77. The smallest absolute Gasteiger partial charge is 0.127 e. The molecule has 2 aliphatic rings. The average Bonchev–Trinajstić information content (AvgIpc) is 3.01. The Balaban J connectivity index is 1.66. The van der Waals surface area contributed by atoms with Crippen LogP contribution >= 0.6 is 0 Å². The molecule has 0 N–H and O–H groups in total. The molecule has 4 rings (SSSR count). The van der Waals surface area contributed by atoms with Crippen molar-refractivity contribution in [3.63, 3.8) is 0 Å². The van der Waals surface area contributed by atoms with Gasteiger partial charge in [-0.3, -0.25) is 0 Å². The van der Waals surface area contributed by atoms with Gasteiger partial charge in [0.25, 0.3) is 0 Å². The Kier molecular flexibility index (Phi) is 3.60. The monoisotopic (exact) mass is 306 g/mol. The summed E-state index contributed by atoms with van der Waals surface area (Å²) >= 11 is 0. The highest BCUT2D eigenvalue weighted by Crippen LogP contribution is 2.37. The van der Waals surface area contributed by atoms with Crippen molar-refractivity contribution in [2.75, 3.05) is 13.7 Å². The number of ether oxygens (including phenoxy) is 2. The molecule has 0 atom stereocenters. The number of fused-ring (bicyclic) bond motifs is 2. The minimum Gasteiger partial charge on any atom is -0.496 e. The van der Waals surface area contributed by atoms with Crippen LogP contribution in [-0.4, -0.2) is 13.7 Å². The first-order valence-corrected chi connectivity index (χ1v) is 8.36. The molecule has 0 fully saturated rings. The summed E-state index contributed by atoms with van der Waals surface area (Å²) < 4.78 is 11.2. The Morgan fingerprint density at radius 2 is 1.91 bits per heavy atom. The van der Waals surface area contributed by atoms with E-state index in [4.69, 9.17) is 9.47 Å². The van der Waals surface area contributed by atoms with Gasteiger partial charge in [-0.25, -0.2) is 0 Å². The zero-order chi connectivity index (χ0) is 15.8. The highest BCUT2D eigenvalue weighted by atomic mass is 16.5. The zero-order valence-electron chi connectivity index (χ0n) is 13.8. The maximum atomic E-state index is 5.88. The van der Waals surface area contributed by atoms with Crippen LogP contribution in [0.15, 0.2) is 36.4 Å². The molecular weight excluding hydrogens is 284 g/mol. The minimum atomic E-state index is 0.677. The van der Waals surface area contributed by atoms with Gasteiger partial charge in [-0.1, -0.05) is 12.1 Å². The minimum absolute atomic E-state index is 0.677. The topological polar surface area (TPSA) is 18.5 Å². The Morgan fingerprint density at radius 1 is 1.09 bits per heavy atom. The van der Waals surface area contributed by atoms with Crippen LogP contribution in [0.1, 0.15) is 34.2 Å². The standard InChI is InChI=1S/C21H22O2/c1-14-10-15(6-7-20(14)22-2)11-18-8-9-23-21-13-17-5-3-4-16(17)12-19(18)21/h6-8,10,12-13H,3-5,9,11H2,1-2H3. The molecule has 0 aromatic heterocycles. The highest BCUT2D eigenvalue weighted by Gasteiger charge is 2.20. The van der Waals surface area contributed by atoms with Gasteiger partial charge in [-0.15, -0.1) is 0 Å². The van der Waals surface area contributed by atoms with Crippen LogP contribution < -0.4 is 9.47 Å². The van der Waals surface area contributed by atoms with Crippen molar-refractivity contribution in [3.8, 4) is 11.5 Å². The average molecular weight is 306 g/mol. The van der Waals surface area contributed by atoms with E-state index in [0.29, 0.717) is 6.61 Å². The summed E-state index contributed by atoms with van der Waals surface area (Å²) in [7, 11) is 1.72. The molecule has 1 heterocycles. The van der Waals surface area contributed by atoms with Crippen molar-refractivity contribution < 1.29 is 9.47 Å². The van der Waals surface area contributed by atoms with E-state index in [1.807, 2.05) is 0 Å². The van der Waals surface area contributed by atoms with E-state index < -0.39 is 0 Å². The van der Waals surface area contributed by atoms with Crippen LogP contribution in [-0.2, 0) is 19.3 Å². The third-order valence-electron chi connectivity index (χ3n) is 4.96. The lowest BCUT2D eigenvalue weighted by Crippen LogP contribution is -2.07. The van der Waals surface area contributed by atoms with Crippen LogP contribution in [0.2, 0.25) is 0 Å². The number of aryl methyl sites for hydroxylation is 3. The number of benzene rings is 2. The first kappa shape index (κ1) is 14.4. The molecule has 2 aromatic rings. The number of rotatable bonds is 3. The quantitative estimate of drug-likeness (QED) is 0.830. The summed E-state index contributed by atoms with van der Waals surface area (Å²) in [6.07, 6.45) is 6.85. The second-order valence-electron chi connectivity index (χ2n) is 6.49. The summed E-state index contributed by atoms with van der Waals surface area (Å²) in [4.78, 5) is 0. The predicted octanol–water partition coefficient (Wildman–Crippen LogP) is 4.51. The lowest BCUT2D eigenvalue weighted by atomic mass is 9.92. The van der Waals surface area contributed by atoms with Crippen molar-refractivity contribution in [1.82, 2.24) is 0 Å². The van der Waals surface area contributed by atoms with Gasteiger partial charge in [0.1, 0.15) is 18.1 Å². The van der Waals surface area contributed by atoms with Crippen molar-refractivity contribution in [3.05, 3.63) is 64.2 Å². The number of hydrogen-bond acceptors (Lipinski definition) is 2. The van der Waals surface area contributed by atoms with Crippen molar-refractivity contribution in [2.45, 2.75) is 32.6 Å². The maximum absolute atomic E-state index is 5.88. The van der Waals surface area contributed by atoms with Gasteiger partial charge in [0.15, 0.2) is 0 Å². The normalized spacial score (nSPS) is 15.5. The highest BCUT2D eigenvalue weighted by molar-refractivity contribution is 5.75. The van der Waals surface area contributed by atoms with Crippen LogP contribution in [0.4, 0.5) is 0 Å². The van der Waals surface area contributed by atoms with E-state index in [9.17, 15) is 0 Å². The van der Waals surface area contributed by atoms with E-state index in [-0.39, 0.29) is 0 Å². The van der Waals surface area contributed by atoms with Crippen LogP contribution in [0.3, 0.4) is 0 Å². The molecule has 2 nitrogen and oxygen atoms in total. The third-order valence-corrected chi connectivity index (χ3v) is 4.96. The van der Waals surface area contributed by atoms with Gasteiger partial charge in [0, 0.05) is 5.56 Å². The van der Waals surface area contributed by atoms with Gasteiger partial charge in [0.2, 0.25) is 0 Å². The van der Waals surface area contributed by atoms with E-state index >= 15 is 0 Å². The summed E-state index contributed by atoms with van der Waals surface area (Å²) in [5.74, 6) is 2.02. The summed E-state index contributed by atoms with van der Waals surface area (Å²) in [5, 5.41) is 0. The molecule has 2 aromatic carbocycles. The van der Waals surface area contributed by atoms with Gasteiger partial charge >= 0.3 is 0 Å². The summed E-state index contributed by atoms with van der Waals surface area (Å²) in [6.45, 7) is 2.78. The number of methoxy groups -OCH3 is 1. The van der Waals surface area contributed by atoms with Crippen LogP contribution in [0.5, 0.6) is 11.5 Å². The first-order chi connectivity index (χ1) is 11.2. The second-order valence-corrected chi connectivity index (χ2v) is 6.49. The molecule has 0 saturated carbocycles. The van der Waals surface area contributed by atoms with Gasteiger partial charge < -0.3 is 9.47 Å². The molecule has 0 radical (unpaired) electrons. The van der Waals surface area contributed by atoms with Gasteiger partial charge in [-0.05, 0) is 84.7 Å². The molecule has 23 heavy (non-hydrogen) atoms. The molecule has 0 unspecified atom stereocenters. The fourth-order valence-corrected chi connectivity index (χ4v) is 3.75. The molecular formula is C21H22O2. The maximum Gasteiger partial charge on any atom is 0.127 e. The Morgan fingerprint density at radius 3 is 2.70 bits per heavy atom. The molecule has 2 heteroatoms. The van der Waals surface area contributed by atoms with E-state index in [1.165, 1.54) is 52.7 Å². The van der Waals surface area contributed by atoms with E-state index in [2.05, 4.69) is 43.3 Å². The third kappa shape index (κ3) is 2.63. The predicted molar refractivity (Wildman–Crippen MR) is 93.4 cm³/mol. The Hall–Kier alpha value is -2.22. The Bertz CT molecular complexity index is 787. The number of allylic oxidation sites excluding steroid dienone is 1. The molecule has 0 saturated heterocycles. The fourth-order valence-electron chi connectivity index (χ4n) is 3.75. The molecule has 1 aliphatic heterocycles. The van der Waals surface area contributed by atoms with Gasteiger partial charge in [-0.2, -0.15) is 0 Å². The van der Waals surface area contributed by atoms with E-state index in [1.54, 1.807) is 7.11 Å². The van der Waals surface area contributed by atoms with Crippen molar-refractivity contribution >= 4 is 5.57 Å². The SMILES string of the molecule is COc1ccc(CC2=CCOc3cc4c(cc32)CCC4)cc1C. The van der Waals surface area contributed by atoms with E-state index in [0.717, 1.165) is 17.9 Å².